The molecule has 2 heterocycles. The molecule has 0 radical (unpaired) electrons. The minimum Gasteiger partial charge on any atom is -0.459 e. The van der Waals surface area contributed by atoms with Gasteiger partial charge in [0.05, 0.1) is 23.4 Å². The molecule has 3 rings (SSSR count). The Labute approximate surface area is 145 Å². The highest BCUT2D eigenvalue weighted by Crippen LogP contribution is 2.40. The number of allylic oxidation sites excluding steroid dienone is 1. The van der Waals surface area contributed by atoms with Gasteiger partial charge in [0.15, 0.2) is 5.17 Å². The number of benzene rings is 1. The summed E-state index contributed by atoms with van der Waals surface area (Å²) in [5.74, 6) is 0.292. The van der Waals surface area contributed by atoms with Crippen molar-refractivity contribution in [2.24, 2.45) is 4.99 Å². The summed E-state index contributed by atoms with van der Waals surface area (Å²) in [5, 5.41) is 0.665. The molecule has 24 heavy (non-hydrogen) atoms. The molecule has 0 saturated carbocycles. The van der Waals surface area contributed by atoms with Crippen LogP contribution in [0.4, 0.5) is 0 Å². The van der Waals surface area contributed by atoms with Gasteiger partial charge in [-0.2, -0.15) is 0 Å². The summed E-state index contributed by atoms with van der Waals surface area (Å²) in [7, 11) is 0. The lowest BCUT2D eigenvalue weighted by atomic mass is 9.94. The molecule has 0 unspecified atom stereocenters. The first kappa shape index (κ1) is 16.8. The third-order valence-electron chi connectivity index (χ3n) is 3.88. The third-order valence-corrected chi connectivity index (χ3v) is 4.84. The van der Waals surface area contributed by atoms with Crippen molar-refractivity contribution in [3.63, 3.8) is 0 Å². The molecule has 0 bridgehead atoms. The lowest BCUT2D eigenvalue weighted by Gasteiger charge is -2.39. The van der Waals surface area contributed by atoms with Crippen molar-refractivity contribution in [1.29, 1.82) is 0 Å². The summed E-state index contributed by atoms with van der Waals surface area (Å²) in [5.41, 5.74) is 1.94. The number of aliphatic imine (C=N–C) groups is 1. The quantitative estimate of drug-likeness (QED) is 0.790. The molecule has 1 fully saturated rings. The number of nitrogens with zero attached hydrogens (tertiary/aromatic N) is 2. The second-order valence-corrected chi connectivity index (χ2v) is 7.09. The van der Waals surface area contributed by atoms with Crippen LogP contribution < -0.4 is 0 Å². The molecule has 2 aliphatic heterocycles. The molecule has 1 saturated heterocycles. The Morgan fingerprint density at radius 2 is 2.04 bits per heavy atom. The van der Waals surface area contributed by atoms with E-state index in [2.05, 4.69) is 4.99 Å². The van der Waals surface area contributed by atoms with Gasteiger partial charge in [0.1, 0.15) is 0 Å². The van der Waals surface area contributed by atoms with Crippen molar-refractivity contribution in [3.8, 4) is 0 Å². The van der Waals surface area contributed by atoms with Crippen LogP contribution in [-0.4, -0.2) is 33.8 Å². The van der Waals surface area contributed by atoms with Crippen molar-refractivity contribution in [3.05, 3.63) is 47.2 Å². The number of esters is 1. The van der Waals surface area contributed by atoms with Gasteiger partial charge in [0.25, 0.3) is 0 Å². The molecule has 2 aliphatic rings. The van der Waals surface area contributed by atoms with E-state index in [0.29, 0.717) is 28.6 Å². The van der Waals surface area contributed by atoms with E-state index in [-0.39, 0.29) is 12.0 Å². The number of rotatable bonds is 3. The normalized spacial score (nSPS) is 20.8. The van der Waals surface area contributed by atoms with Gasteiger partial charge in [-0.15, -0.1) is 0 Å². The molecule has 1 amide bonds. The number of amides is 1. The van der Waals surface area contributed by atoms with Crippen molar-refractivity contribution in [2.75, 3.05) is 5.75 Å². The first-order chi connectivity index (χ1) is 11.5. The van der Waals surface area contributed by atoms with Gasteiger partial charge in [-0.1, -0.05) is 42.1 Å². The lowest BCUT2D eigenvalue weighted by Crippen LogP contribution is -2.46. The number of carbonyl (C=O) groups excluding carboxylic acids is 2. The van der Waals surface area contributed by atoms with Crippen LogP contribution in [0.25, 0.3) is 0 Å². The van der Waals surface area contributed by atoms with Gasteiger partial charge < -0.3 is 4.74 Å². The number of hydrogen-bond donors (Lipinski definition) is 0. The van der Waals surface area contributed by atoms with E-state index < -0.39 is 12.0 Å². The van der Waals surface area contributed by atoms with Gasteiger partial charge in [0.2, 0.25) is 5.91 Å². The third kappa shape index (κ3) is 3.11. The van der Waals surface area contributed by atoms with Crippen LogP contribution in [0.5, 0.6) is 0 Å². The maximum atomic E-state index is 12.7. The van der Waals surface area contributed by atoms with Gasteiger partial charge in [-0.05, 0) is 26.3 Å². The first-order valence-corrected chi connectivity index (χ1v) is 8.98. The highest BCUT2D eigenvalue weighted by Gasteiger charge is 2.41. The van der Waals surface area contributed by atoms with Crippen LogP contribution in [0, 0.1) is 0 Å². The Kier molecular flexibility index (Phi) is 4.76. The number of fused-ring (bicyclic) bond motifs is 1. The zero-order chi connectivity index (χ0) is 17.3. The molecule has 126 valence electrons. The summed E-state index contributed by atoms with van der Waals surface area (Å²) in [6.45, 7) is 5.42. The zero-order valence-electron chi connectivity index (χ0n) is 14.0. The molecular formula is C18H20N2O3S. The monoisotopic (exact) mass is 344 g/mol. The Bertz CT molecular complexity index is 725. The maximum Gasteiger partial charge on any atom is 0.338 e. The summed E-state index contributed by atoms with van der Waals surface area (Å²) in [6.07, 6.45) is 0.213. The zero-order valence-corrected chi connectivity index (χ0v) is 14.8. The minimum absolute atomic E-state index is 0.0105. The second kappa shape index (κ2) is 6.81. The van der Waals surface area contributed by atoms with Crippen LogP contribution >= 0.6 is 11.8 Å². The summed E-state index contributed by atoms with van der Waals surface area (Å²) < 4.78 is 5.42. The largest absolute Gasteiger partial charge is 0.459 e. The Hall–Kier alpha value is -2.08. The molecule has 6 heteroatoms. The average molecular weight is 344 g/mol. The van der Waals surface area contributed by atoms with E-state index in [1.54, 1.807) is 23.6 Å². The minimum atomic E-state index is -0.481. The fourth-order valence-electron chi connectivity index (χ4n) is 2.89. The van der Waals surface area contributed by atoms with E-state index >= 15 is 0 Å². The highest BCUT2D eigenvalue weighted by atomic mass is 32.2. The molecule has 1 aromatic carbocycles. The average Bonchev–Trinajstić information content (AvgIpc) is 2.53. The van der Waals surface area contributed by atoms with E-state index in [9.17, 15) is 9.59 Å². The summed E-state index contributed by atoms with van der Waals surface area (Å²) >= 11 is 1.55. The Balaban J connectivity index is 2.12. The fourth-order valence-corrected chi connectivity index (χ4v) is 3.89. The first-order valence-electron chi connectivity index (χ1n) is 7.99. The SMILES string of the molecule is CC1=C(C(=O)OC(C)C)[C@@H](c2ccccc2)N2C(=O)CCSC2=N1. The molecule has 0 aromatic heterocycles. The predicted octanol–water partition coefficient (Wildman–Crippen LogP) is 3.29. The van der Waals surface area contributed by atoms with Crippen LogP contribution in [0.1, 0.15) is 38.8 Å². The van der Waals surface area contributed by atoms with Crippen LogP contribution in [0.15, 0.2) is 46.6 Å². The van der Waals surface area contributed by atoms with E-state index in [4.69, 9.17) is 4.74 Å². The number of ether oxygens (including phenoxy) is 1. The van der Waals surface area contributed by atoms with Crippen molar-refractivity contribution in [1.82, 2.24) is 4.90 Å². The molecule has 1 aromatic rings. The van der Waals surface area contributed by atoms with Gasteiger partial charge >= 0.3 is 5.97 Å². The Morgan fingerprint density at radius 3 is 2.71 bits per heavy atom. The van der Waals surface area contributed by atoms with Crippen molar-refractivity contribution in [2.45, 2.75) is 39.3 Å². The number of amidine groups is 1. The van der Waals surface area contributed by atoms with Gasteiger partial charge in [-0.3, -0.25) is 9.69 Å². The van der Waals surface area contributed by atoms with Gasteiger partial charge in [-0.25, -0.2) is 9.79 Å². The topological polar surface area (TPSA) is 59.0 Å². The Morgan fingerprint density at radius 1 is 1.33 bits per heavy atom. The summed E-state index contributed by atoms with van der Waals surface area (Å²) in [6, 6.07) is 9.10. The van der Waals surface area contributed by atoms with Crippen LogP contribution in [0.2, 0.25) is 0 Å². The number of thioether (sulfide) groups is 1. The van der Waals surface area contributed by atoms with Gasteiger partial charge in [0, 0.05) is 12.2 Å². The molecule has 5 nitrogen and oxygen atoms in total. The van der Waals surface area contributed by atoms with Crippen molar-refractivity contribution < 1.29 is 14.3 Å². The smallest absolute Gasteiger partial charge is 0.338 e. The molecule has 1 atom stereocenters. The van der Waals surface area contributed by atoms with Crippen LogP contribution in [0.3, 0.4) is 0 Å². The van der Waals surface area contributed by atoms with E-state index in [0.717, 1.165) is 5.56 Å². The molecular weight excluding hydrogens is 324 g/mol. The maximum absolute atomic E-state index is 12.7. The number of hydrogen-bond acceptors (Lipinski definition) is 5. The lowest BCUT2D eigenvalue weighted by molar-refractivity contribution is -0.143. The van der Waals surface area contributed by atoms with Crippen LogP contribution in [-0.2, 0) is 14.3 Å². The fraction of sp³-hybridized carbons (Fsp3) is 0.389. The standard InChI is InChI=1S/C18H20N2O3S/c1-11(2)23-17(22)15-12(3)19-18-20(14(21)9-10-24-18)16(15)13-7-5-4-6-8-13/h4-8,11,16H,9-10H2,1-3H3/t16-/m1/s1. The molecule has 0 spiro atoms. The van der Waals surface area contributed by atoms with Crippen molar-refractivity contribution >= 4 is 28.8 Å². The highest BCUT2D eigenvalue weighted by molar-refractivity contribution is 8.14. The summed E-state index contributed by atoms with van der Waals surface area (Å²) in [4.78, 5) is 31.4. The molecule has 0 N–H and O–H groups in total. The van der Waals surface area contributed by atoms with E-state index in [1.807, 2.05) is 44.2 Å². The second-order valence-electron chi connectivity index (χ2n) is 6.02. The molecule has 0 aliphatic carbocycles. The number of carbonyl (C=O) groups is 2. The van der Waals surface area contributed by atoms with E-state index in [1.165, 1.54) is 0 Å². The predicted molar refractivity (Wildman–Crippen MR) is 94.5 cm³/mol.